The molecule has 12 heteroatoms. The summed E-state index contributed by atoms with van der Waals surface area (Å²) >= 11 is 0. The average Bonchev–Trinajstić information content (AvgIpc) is 3.06. The molecule has 172 valence electrons. The van der Waals surface area contributed by atoms with Crippen molar-refractivity contribution in [3.05, 3.63) is 27.8 Å². The lowest BCUT2D eigenvalue weighted by Gasteiger charge is -2.30. The van der Waals surface area contributed by atoms with Crippen LogP contribution in [0.5, 0.6) is 0 Å². The van der Waals surface area contributed by atoms with Crippen molar-refractivity contribution < 1.29 is 31.7 Å². The maximum absolute atomic E-state index is 13.8. The predicted molar refractivity (Wildman–Crippen MR) is 104 cm³/mol. The summed E-state index contributed by atoms with van der Waals surface area (Å²) in [4.78, 5) is 24.9. The van der Waals surface area contributed by atoms with Gasteiger partial charge in [-0.05, 0) is 31.7 Å². The molecule has 1 aliphatic carbocycles. The number of nitrogens with zero attached hydrogens (tertiary/aromatic N) is 2. The van der Waals surface area contributed by atoms with Crippen LogP contribution in [0.2, 0.25) is 0 Å². The fourth-order valence-corrected chi connectivity index (χ4v) is 4.14. The van der Waals surface area contributed by atoms with E-state index in [-0.39, 0.29) is 49.2 Å². The maximum atomic E-state index is 13.8. The Morgan fingerprint density at radius 1 is 1.23 bits per heavy atom. The first kappa shape index (κ1) is 23.0. The van der Waals surface area contributed by atoms with Gasteiger partial charge in [0.25, 0.3) is 17.5 Å². The summed E-state index contributed by atoms with van der Waals surface area (Å²) in [6.07, 6.45) is -4.72. The van der Waals surface area contributed by atoms with Gasteiger partial charge in [-0.2, -0.15) is 13.2 Å². The third kappa shape index (κ3) is 5.16. The second-order valence-corrected chi connectivity index (χ2v) is 7.98. The normalized spacial score (nSPS) is 23.5. The Morgan fingerprint density at radius 2 is 1.87 bits per heavy atom. The molecule has 0 bridgehead atoms. The number of anilines is 2. The van der Waals surface area contributed by atoms with E-state index in [1.165, 1.54) is 18.0 Å². The van der Waals surface area contributed by atoms with Crippen molar-refractivity contribution in [2.24, 2.45) is 5.92 Å². The summed E-state index contributed by atoms with van der Waals surface area (Å²) in [7, 11) is 1.43. The highest BCUT2D eigenvalue weighted by atomic mass is 19.4. The van der Waals surface area contributed by atoms with E-state index >= 15 is 0 Å². The first-order chi connectivity index (χ1) is 14.4. The van der Waals surface area contributed by atoms with Crippen LogP contribution in [0, 0.1) is 16.0 Å². The molecule has 1 saturated carbocycles. The lowest BCUT2D eigenvalue weighted by molar-refractivity contribution is -0.384. The number of hydrogen-bond acceptors (Lipinski definition) is 5. The number of hydrogen-bond donors (Lipinski definition) is 2. The zero-order chi connectivity index (χ0) is 23.0. The molecule has 0 aromatic heterocycles. The van der Waals surface area contributed by atoms with Crippen molar-refractivity contribution >= 4 is 23.0 Å². The van der Waals surface area contributed by atoms with Gasteiger partial charge in [-0.3, -0.25) is 14.9 Å². The third-order valence-corrected chi connectivity index (χ3v) is 5.86. The Morgan fingerprint density at radius 3 is 2.35 bits per heavy atom. The summed E-state index contributed by atoms with van der Waals surface area (Å²) in [5.41, 5.74) is -0.365. The van der Waals surface area contributed by atoms with Crippen LogP contribution in [-0.2, 0) is 0 Å². The molecule has 1 heterocycles. The molecule has 1 saturated heterocycles. The van der Waals surface area contributed by atoms with E-state index in [2.05, 4.69) is 10.6 Å². The molecular weight excluding hydrogens is 427 g/mol. The average molecular weight is 450 g/mol. The van der Waals surface area contributed by atoms with E-state index in [9.17, 15) is 36.9 Å². The summed E-state index contributed by atoms with van der Waals surface area (Å²) in [5, 5.41) is 16.7. The number of nitrogens with one attached hydrogen (secondary N) is 2. The molecule has 1 amide bonds. The first-order valence-electron chi connectivity index (χ1n) is 9.92. The van der Waals surface area contributed by atoms with Crippen LogP contribution in [0.3, 0.4) is 0 Å². The number of amides is 1. The Hall–Kier alpha value is -2.66. The van der Waals surface area contributed by atoms with Crippen LogP contribution in [0.15, 0.2) is 12.1 Å². The van der Waals surface area contributed by atoms with Crippen LogP contribution >= 0.6 is 0 Å². The molecule has 0 spiro atoms. The van der Waals surface area contributed by atoms with Gasteiger partial charge in [-0.15, -0.1) is 0 Å². The highest BCUT2D eigenvalue weighted by Gasteiger charge is 2.42. The lowest BCUT2D eigenvalue weighted by Crippen LogP contribution is -2.40. The molecule has 31 heavy (non-hydrogen) atoms. The summed E-state index contributed by atoms with van der Waals surface area (Å²) in [6, 6.07) is 1.78. The maximum Gasteiger partial charge on any atom is 0.391 e. The van der Waals surface area contributed by atoms with Crippen molar-refractivity contribution in [3.8, 4) is 0 Å². The van der Waals surface area contributed by atoms with Gasteiger partial charge in [0, 0.05) is 32.1 Å². The molecule has 1 aromatic carbocycles. The summed E-state index contributed by atoms with van der Waals surface area (Å²) in [5.74, 6) is -5.10. The minimum Gasteiger partial charge on any atom is -0.383 e. The Labute approximate surface area is 175 Å². The zero-order valence-corrected chi connectivity index (χ0v) is 16.8. The zero-order valence-electron chi connectivity index (χ0n) is 16.8. The van der Waals surface area contributed by atoms with Gasteiger partial charge in [-0.1, -0.05) is 0 Å². The van der Waals surface area contributed by atoms with E-state index in [0.29, 0.717) is 0 Å². The van der Waals surface area contributed by atoms with E-state index in [0.717, 1.165) is 6.07 Å². The quantitative estimate of drug-likeness (QED) is 0.396. The minimum atomic E-state index is -4.28. The lowest BCUT2D eigenvalue weighted by atomic mass is 9.85. The highest BCUT2D eigenvalue weighted by molar-refractivity contribution is 6.02. The minimum absolute atomic E-state index is 0.0368. The Kier molecular flexibility index (Phi) is 6.28. The third-order valence-electron chi connectivity index (χ3n) is 5.86. The molecule has 0 atom stereocenters. The van der Waals surface area contributed by atoms with Gasteiger partial charge in [0.05, 0.1) is 28.6 Å². The van der Waals surface area contributed by atoms with Crippen LogP contribution in [-0.4, -0.2) is 49.1 Å². The smallest absolute Gasteiger partial charge is 0.383 e. The fourth-order valence-electron chi connectivity index (χ4n) is 4.14. The van der Waals surface area contributed by atoms with Crippen molar-refractivity contribution in [1.29, 1.82) is 0 Å². The van der Waals surface area contributed by atoms with Gasteiger partial charge >= 0.3 is 6.18 Å². The molecule has 7 nitrogen and oxygen atoms in total. The SMILES string of the molecule is CNc1cc(N2CCC(F)(F)C2)c(C(=O)NC2CCC(C(F)(F)F)CC2)cc1[N+](=O)[O-]. The molecule has 0 unspecified atom stereocenters. The second kappa shape index (κ2) is 8.46. The second-order valence-electron chi connectivity index (χ2n) is 7.98. The van der Waals surface area contributed by atoms with Crippen LogP contribution in [0.1, 0.15) is 42.5 Å². The number of rotatable bonds is 5. The predicted octanol–water partition coefficient (Wildman–Crippen LogP) is 4.33. The van der Waals surface area contributed by atoms with E-state index < -0.39 is 53.5 Å². The van der Waals surface area contributed by atoms with Gasteiger partial charge in [-0.25, -0.2) is 8.78 Å². The van der Waals surface area contributed by atoms with Crippen molar-refractivity contribution in [2.45, 2.75) is 50.2 Å². The molecule has 2 aliphatic rings. The number of carbonyl (C=O) groups is 1. The first-order valence-corrected chi connectivity index (χ1v) is 9.92. The number of benzene rings is 1. The monoisotopic (exact) mass is 450 g/mol. The topological polar surface area (TPSA) is 87.5 Å². The number of carbonyl (C=O) groups excluding carboxylic acids is 1. The van der Waals surface area contributed by atoms with Crippen LogP contribution in [0.4, 0.5) is 39.0 Å². The summed E-state index contributed by atoms with van der Waals surface area (Å²) < 4.78 is 66.1. The van der Waals surface area contributed by atoms with Gasteiger partial charge in [0.1, 0.15) is 5.69 Å². The molecule has 0 radical (unpaired) electrons. The van der Waals surface area contributed by atoms with Crippen molar-refractivity contribution in [2.75, 3.05) is 30.4 Å². The van der Waals surface area contributed by atoms with Gasteiger partial charge in [0.15, 0.2) is 0 Å². The number of halogens is 5. The van der Waals surface area contributed by atoms with E-state index in [1.807, 2.05) is 0 Å². The van der Waals surface area contributed by atoms with Crippen LogP contribution < -0.4 is 15.5 Å². The number of nitro benzene ring substituents is 1. The number of alkyl halides is 5. The molecule has 1 aromatic rings. The summed E-state index contributed by atoms with van der Waals surface area (Å²) in [6.45, 7) is -0.671. The Balaban J connectivity index is 1.85. The van der Waals surface area contributed by atoms with Crippen molar-refractivity contribution in [1.82, 2.24) is 5.32 Å². The van der Waals surface area contributed by atoms with E-state index in [4.69, 9.17) is 0 Å². The fraction of sp³-hybridized carbons (Fsp3) is 0.632. The molecule has 2 N–H and O–H groups in total. The number of nitro groups is 1. The van der Waals surface area contributed by atoms with Gasteiger partial charge in [0.2, 0.25) is 0 Å². The Bertz CT molecular complexity index is 854. The van der Waals surface area contributed by atoms with E-state index in [1.54, 1.807) is 0 Å². The molecular formula is C19H23F5N4O3. The molecule has 3 rings (SSSR count). The van der Waals surface area contributed by atoms with Crippen molar-refractivity contribution in [3.63, 3.8) is 0 Å². The standard InChI is InChI=1S/C19H23F5N4O3/c1-25-14-9-15(27-7-6-18(20,21)10-27)13(8-16(14)28(30)31)17(29)26-12-4-2-11(3-5-12)19(22,23)24/h8-9,11-12,25H,2-7,10H2,1H3,(H,26,29). The molecule has 2 fully saturated rings. The van der Waals surface area contributed by atoms with Crippen LogP contribution in [0.25, 0.3) is 0 Å². The molecule has 1 aliphatic heterocycles. The highest BCUT2D eigenvalue weighted by Crippen LogP contribution is 2.39. The largest absolute Gasteiger partial charge is 0.391 e. The van der Waals surface area contributed by atoms with Gasteiger partial charge < -0.3 is 15.5 Å².